The number of hydrogen-bond donors (Lipinski definition) is 1. The molecule has 36 heavy (non-hydrogen) atoms. The zero-order chi connectivity index (χ0) is 25.1. The van der Waals surface area contributed by atoms with E-state index in [4.69, 9.17) is 5.10 Å². The smallest absolute Gasteiger partial charge is 0.241 e. The van der Waals surface area contributed by atoms with E-state index < -0.39 is 15.6 Å². The molecule has 0 unspecified atom stereocenters. The molecule has 2 aliphatic rings. The molecule has 0 saturated heterocycles. The van der Waals surface area contributed by atoms with Crippen LogP contribution in [0.15, 0.2) is 77.7 Å². The molecule has 7 heteroatoms. The summed E-state index contributed by atoms with van der Waals surface area (Å²) in [6, 6.07) is 22.4. The van der Waals surface area contributed by atoms with Crippen molar-refractivity contribution >= 4 is 10.0 Å². The summed E-state index contributed by atoms with van der Waals surface area (Å²) in [5.41, 5.74) is 6.52. The average molecular weight is 502 g/mol. The van der Waals surface area contributed by atoms with Gasteiger partial charge >= 0.3 is 0 Å². The molecule has 2 heterocycles. The minimum Gasteiger partial charge on any atom is -0.267 e. The van der Waals surface area contributed by atoms with Gasteiger partial charge in [0.1, 0.15) is 5.82 Å². The van der Waals surface area contributed by atoms with Gasteiger partial charge in [0.25, 0.3) is 0 Å². The minimum atomic E-state index is -3.53. The van der Waals surface area contributed by atoms with E-state index in [-0.39, 0.29) is 11.7 Å². The van der Waals surface area contributed by atoms with Crippen LogP contribution in [0.2, 0.25) is 0 Å². The molecule has 1 aliphatic heterocycles. The van der Waals surface area contributed by atoms with Gasteiger partial charge in [-0.15, -0.1) is 0 Å². The highest BCUT2D eigenvalue weighted by atomic mass is 32.2. The first-order valence-corrected chi connectivity index (χ1v) is 13.8. The van der Waals surface area contributed by atoms with Gasteiger partial charge < -0.3 is 0 Å². The van der Waals surface area contributed by atoms with E-state index in [0.29, 0.717) is 11.3 Å². The molecule has 4 aromatic rings. The lowest BCUT2D eigenvalue weighted by Gasteiger charge is -2.36. The van der Waals surface area contributed by atoms with Crippen LogP contribution in [0.1, 0.15) is 36.5 Å². The van der Waals surface area contributed by atoms with Crippen LogP contribution in [-0.2, 0) is 35.5 Å². The molecule has 184 valence electrons. The lowest BCUT2D eigenvalue weighted by atomic mass is 9.74. The van der Waals surface area contributed by atoms with Crippen molar-refractivity contribution in [1.82, 2.24) is 14.5 Å². The van der Waals surface area contributed by atoms with Crippen LogP contribution in [0.5, 0.6) is 0 Å². The third-order valence-corrected chi connectivity index (χ3v) is 9.51. The van der Waals surface area contributed by atoms with Gasteiger partial charge in [0.15, 0.2) is 0 Å². The van der Waals surface area contributed by atoms with E-state index in [1.165, 1.54) is 23.3 Å². The van der Waals surface area contributed by atoms with Crippen molar-refractivity contribution < 1.29 is 12.8 Å². The largest absolute Gasteiger partial charge is 0.267 e. The van der Waals surface area contributed by atoms with E-state index in [1.54, 1.807) is 24.3 Å². The SMILES string of the molecule is CC[C@H]1Cc2ccc(-c3cc(-c4ccc(F)cc4)n(C)n3)cc2CC[C@]12NS(=O)(=O)c1ccccc12. The predicted molar refractivity (Wildman–Crippen MR) is 138 cm³/mol. The molecule has 2 atom stereocenters. The number of fused-ring (bicyclic) bond motifs is 3. The maximum atomic E-state index is 13.4. The number of benzene rings is 3. The number of rotatable bonds is 3. The second-order valence-corrected chi connectivity index (χ2v) is 11.6. The van der Waals surface area contributed by atoms with Crippen molar-refractivity contribution in [3.63, 3.8) is 0 Å². The molecule has 0 amide bonds. The first kappa shape index (κ1) is 23.1. The van der Waals surface area contributed by atoms with Crippen molar-refractivity contribution in [2.75, 3.05) is 0 Å². The van der Waals surface area contributed by atoms with Gasteiger partial charge in [-0.05, 0) is 89.9 Å². The van der Waals surface area contributed by atoms with Gasteiger partial charge in [-0.25, -0.2) is 17.5 Å². The normalized spacial score (nSPS) is 22.2. The van der Waals surface area contributed by atoms with E-state index in [9.17, 15) is 12.8 Å². The molecule has 0 radical (unpaired) electrons. The lowest BCUT2D eigenvalue weighted by molar-refractivity contribution is 0.232. The number of aryl methyl sites for hydroxylation is 2. The van der Waals surface area contributed by atoms with Crippen molar-refractivity contribution in [3.05, 3.63) is 95.3 Å². The number of hydrogen-bond acceptors (Lipinski definition) is 3. The number of nitrogens with one attached hydrogen (secondary N) is 1. The monoisotopic (exact) mass is 501 g/mol. The Morgan fingerprint density at radius 1 is 1.03 bits per heavy atom. The Labute approximate surface area is 211 Å². The molecular formula is C29H28FN3O2S. The highest BCUT2D eigenvalue weighted by Gasteiger charge is 2.51. The zero-order valence-corrected chi connectivity index (χ0v) is 21.1. The third-order valence-electron chi connectivity index (χ3n) is 7.94. The predicted octanol–water partition coefficient (Wildman–Crippen LogP) is 5.60. The van der Waals surface area contributed by atoms with Gasteiger partial charge in [0, 0.05) is 12.6 Å². The van der Waals surface area contributed by atoms with Crippen molar-refractivity contribution in [2.24, 2.45) is 13.0 Å². The fraction of sp³-hybridized carbons (Fsp3) is 0.276. The summed E-state index contributed by atoms with van der Waals surface area (Å²) in [7, 11) is -1.63. The molecule has 1 aliphatic carbocycles. The Balaban J connectivity index is 1.37. The van der Waals surface area contributed by atoms with Crippen LogP contribution >= 0.6 is 0 Å². The van der Waals surface area contributed by atoms with Crippen LogP contribution in [0.3, 0.4) is 0 Å². The molecule has 0 saturated carbocycles. The van der Waals surface area contributed by atoms with Gasteiger partial charge in [-0.1, -0.05) is 43.7 Å². The topological polar surface area (TPSA) is 64.0 Å². The quantitative estimate of drug-likeness (QED) is 0.398. The molecule has 1 aromatic heterocycles. The highest BCUT2D eigenvalue weighted by Crippen LogP contribution is 2.48. The molecule has 5 nitrogen and oxygen atoms in total. The summed E-state index contributed by atoms with van der Waals surface area (Å²) in [6.07, 6.45) is 3.17. The van der Waals surface area contributed by atoms with Gasteiger partial charge in [0.2, 0.25) is 10.0 Å². The van der Waals surface area contributed by atoms with Crippen LogP contribution in [-0.4, -0.2) is 18.2 Å². The molecular weight excluding hydrogens is 473 g/mol. The van der Waals surface area contributed by atoms with Crippen LogP contribution in [0.25, 0.3) is 22.5 Å². The summed E-state index contributed by atoms with van der Waals surface area (Å²) >= 11 is 0. The Bertz CT molecular complexity index is 1580. The zero-order valence-electron chi connectivity index (χ0n) is 20.3. The maximum absolute atomic E-state index is 13.4. The summed E-state index contributed by atoms with van der Waals surface area (Å²) in [4.78, 5) is 0.414. The number of sulfonamides is 1. The van der Waals surface area contributed by atoms with E-state index in [2.05, 4.69) is 29.8 Å². The van der Waals surface area contributed by atoms with E-state index in [1.807, 2.05) is 29.9 Å². The molecule has 0 bridgehead atoms. The van der Waals surface area contributed by atoms with Crippen molar-refractivity contribution in [3.8, 4) is 22.5 Å². The van der Waals surface area contributed by atoms with Crippen LogP contribution < -0.4 is 4.72 Å². The highest BCUT2D eigenvalue weighted by molar-refractivity contribution is 7.89. The fourth-order valence-corrected chi connectivity index (χ4v) is 7.86. The Kier molecular flexibility index (Phi) is 5.39. The first-order valence-electron chi connectivity index (χ1n) is 12.4. The second-order valence-electron chi connectivity index (χ2n) is 9.91. The van der Waals surface area contributed by atoms with Crippen LogP contribution in [0, 0.1) is 11.7 Å². The van der Waals surface area contributed by atoms with Gasteiger partial charge in [-0.2, -0.15) is 5.10 Å². The maximum Gasteiger partial charge on any atom is 0.241 e. The third kappa shape index (κ3) is 3.61. The van der Waals surface area contributed by atoms with Crippen molar-refractivity contribution in [1.29, 1.82) is 0 Å². The number of aromatic nitrogens is 2. The summed E-state index contributed by atoms with van der Waals surface area (Å²) in [6.45, 7) is 2.14. The molecule has 1 N–H and O–H groups in total. The number of halogens is 1. The van der Waals surface area contributed by atoms with Gasteiger partial charge in [0.05, 0.1) is 21.8 Å². The standard InChI is InChI=1S/C29H28FN3O2S/c1-3-23-17-20-8-9-22(26-18-27(33(2)31-26)19-10-12-24(30)13-11-19)16-21(20)14-15-29(23)25-6-4-5-7-28(25)36(34,35)32-29/h4-13,16,18,23,32H,3,14-15,17H2,1-2H3/t23-,29-/m0/s1. The molecule has 6 rings (SSSR count). The average Bonchev–Trinajstić information content (AvgIpc) is 3.31. The van der Waals surface area contributed by atoms with Crippen LogP contribution in [0.4, 0.5) is 4.39 Å². The Hall–Kier alpha value is -3.29. The Morgan fingerprint density at radius 2 is 1.78 bits per heavy atom. The molecule has 0 fully saturated rings. The fourth-order valence-electron chi connectivity index (χ4n) is 6.09. The van der Waals surface area contributed by atoms with Crippen molar-refractivity contribution in [2.45, 2.75) is 43.0 Å². The van der Waals surface area contributed by atoms with E-state index >= 15 is 0 Å². The van der Waals surface area contributed by atoms with Gasteiger partial charge in [-0.3, -0.25) is 4.68 Å². The molecule has 3 aromatic carbocycles. The molecule has 1 spiro atoms. The first-order chi connectivity index (χ1) is 17.3. The minimum absolute atomic E-state index is 0.156. The second kappa shape index (κ2) is 8.39. The summed E-state index contributed by atoms with van der Waals surface area (Å²) in [5, 5.41) is 4.73. The summed E-state index contributed by atoms with van der Waals surface area (Å²) < 4.78 is 44.4. The number of nitrogens with zero attached hydrogens (tertiary/aromatic N) is 2. The van der Waals surface area contributed by atoms with E-state index in [0.717, 1.165) is 47.3 Å². The summed E-state index contributed by atoms with van der Waals surface area (Å²) in [5.74, 6) is -0.106. The Morgan fingerprint density at radius 3 is 2.56 bits per heavy atom. The lowest BCUT2D eigenvalue weighted by Crippen LogP contribution is -2.46.